The monoisotopic (exact) mass is 382 g/mol. The van der Waals surface area contributed by atoms with Crippen molar-refractivity contribution in [3.8, 4) is 0 Å². The van der Waals surface area contributed by atoms with Crippen LogP contribution in [0.2, 0.25) is 0 Å². The Morgan fingerprint density at radius 2 is 1.50 bits per heavy atom. The Kier molecular flexibility index (Phi) is 7.14. The van der Waals surface area contributed by atoms with Crippen molar-refractivity contribution in [1.82, 2.24) is 5.32 Å². The Bertz CT molecular complexity index is 845. The van der Waals surface area contributed by atoms with Crippen LogP contribution in [0.5, 0.6) is 0 Å². The zero-order valence-corrected chi connectivity index (χ0v) is 16.6. The quantitative estimate of drug-likeness (QED) is 0.670. The predicted octanol–water partition coefficient (Wildman–Crippen LogP) is 2.60. The van der Waals surface area contributed by atoms with Gasteiger partial charge < -0.3 is 20.9 Å². The first-order chi connectivity index (χ1) is 13.3. The molecule has 0 fully saturated rings. The van der Waals surface area contributed by atoms with Crippen LogP contribution in [-0.2, 0) is 20.9 Å². The highest BCUT2D eigenvalue weighted by molar-refractivity contribution is 6.39. The van der Waals surface area contributed by atoms with E-state index in [1.807, 2.05) is 43.3 Å². The van der Waals surface area contributed by atoms with Crippen molar-refractivity contribution < 1.29 is 14.4 Å². The van der Waals surface area contributed by atoms with E-state index in [0.717, 1.165) is 11.3 Å². The number of nitrogens with zero attached hydrogens (tertiary/aromatic N) is 1. The minimum absolute atomic E-state index is 0.124. The highest BCUT2D eigenvalue weighted by atomic mass is 16.2. The summed E-state index contributed by atoms with van der Waals surface area (Å²) in [7, 11) is 3.90. The van der Waals surface area contributed by atoms with Gasteiger partial charge in [0.25, 0.3) is 0 Å². The van der Waals surface area contributed by atoms with E-state index in [9.17, 15) is 14.4 Å². The molecule has 7 heteroatoms. The summed E-state index contributed by atoms with van der Waals surface area (Å²) in [5.41, 5.74) is 2.93. The molecule has 0 aliphatic rings. The van der Waals surface area contributed by atoms with Crippen molar-refractivity contribution in [2.45, 2.75) is 20.4 Å². The molecule has 0 aliphatic heterocycles. The van der Waals surface area contributed by atoms with Crippen LogP contribution in [0.3, 0.4) is 0 Å². The average molecular weight is 382 g/mol. The lowest BCUT2D eigenvalue weighted by Crippen LogP contribution is -2.35. The minimum Gasteiger partial charge on any atom is -0.378 e. The lowest BCUT2D eigenvalue weighted by atomic mass is 10.2. The summed E-state index contributed by atoms with van der Waals surface area (Å²) in [6.07, 6.45) is 0. The van der Waals surface area contributed by atoms with Crippen molar-refractivity contribution in [3.63, 3.8) is 0 Å². The molecule has 0 aromatic heterocycles. The van der Waals surface area contributed by atoms with Crippen molar-refractivity contribution in [3.05, 3.63) is 54.1 Å². The maximum Gasteiger partial charge on any atom is 0.313 e. The number of hydrogen-bond donors (Lipinski definition) is 3. The third-order valence-corrected chi connectivity index (χ3v) is 4.02. The number of amides is 3. The first-order valence-electron chi connectivity index (χ1n) is 9.02. The Labute approximate surface area is 165 Å². The number of carbonyl (C=O) groups is 3. The molecule has 2 rings (SSSR count). The molecule has 0 saturated heterocycles. The number of benzene rings is 2. The third-order valence-electron chi connectivity index (χ3n) is 4.02. The molecule has 0 bridgehead atoms. The zero-order valence-electron chi connectivity index (χ0n) is 16.6. The molecule has 0 unspecified atom stereocenters. The van der Waals surface area contributed by atoms with Gasteiger partial charge >= 0.3 is 11.8 Å². The molecule has 0 aliphatic carbocycles. The van der Waals surface area contributed by atoms with Gasteiger partial charge in [0, 0.05) is 43.6 Å². The fraction of sp³-hybridized carbons (Fsp3) is 0.286. The molecule has 2 aromatic carbocycles. The molecule has 28 heavy (non-hydrogen) atoms. The summed E-state index contributed by atoms with van der Waals surface area (Å²) in [4.78, 5) is 37.9. The highest BCUT2D eigenvalue weighted by Gasteiger charge is 2.14. The van der Waals surface area contributed by atoms with E-state index < -0.39 is 11.8 Å². The number of carbonyl (C=O) groups excluding carboxylic acids is 3. The largest absolute Gasteiger partial charge is 0.378 e. The summed E-state index contributed by atoms with van der Waals surface area (Å²) >= 11 is 0. The number of anilines is 3. The van der Waals surface area contributed by atoms with Gasteiger partial charge in [0.2, 0.25) is 5.91 Å². The van der Waals surface area contributed by atoms with E-state index >= 15 is 0 Å². The Hall–Kier alpha value is -3.35. The van der Waals surface area contributed by atoms with Crippen molar-refractivity contribution in [2.24, 2.45) is 5.92 Å². The molecular weight excluding hydrogens is 356 g/mol. The molecule has 7 nitrogen and oxygen atoms in total. The van der Waals surface area contributed by atoms with E-state index in [2.05, 4.69) is 16.0 Å². The van der Waals surface area contributed by atoms with E-state index in [4.69, 9.17) is 0 Å². The van der Waals surface area contributed by atoms with Crippen LogP contribution in [0.15, 0.2) is 48.5 Å². The third kappa shape index (κ3) is 6.12. The van der Waals surface area contributed by atoms with E-state index in [1.165, 1.54) is 0 Å². The highest BCUT2D eigenvalue weighted by Crippen LogP contribution is 2.16. The molecule has 0 atom stereocenters. The first kappa shape index (κ1) is 21.0. The zero-order chi connectivity index (χ0) is 20.7. The van der Waals surface area contributed by atoms with Crippen molar-refractivity contribution in [1.29, 1.82) is 0 Å². The van der Waals surface area contributed by atoms with Gasteiger partial charge in [-0.1, -0.05) is 32.0 Å². The van der Waals surface area contributed by atoms with Gasteiger partial charge in [-0.15, -0.1) is 0 Å². The summed E-state index contributed by atoms with van der Waals surface area (Å²) in [6.45, 7) is 3.84. The Morgan fingerprint density at radius 1 is 0.893 bits per heavy atom. The van der Waals surface area contributed by atoms with Gasteiger partial charge in [0.1, 0.15) is 0 Å². The van der Waals surface area contributed by atoms with Gasteiger partial charge in [-0.3, -0.25) is 14.4 Å². The van der Waals surface area contributed by atoms with Crippen molar-refractivity contribution in [2.75, 3.05) is 29.6 Å². The average Bonchev–Trinajstić information content (AvgIpc) is 2.66. The van der Waals surface area contributed by atoms with Gasteiger partial charge in [-0.2, -0.15) is 0 Å². The van der Waals surface area contributed by atoms with Crippen LogP contribution in [0.25, 0.3) is 0 Å². The fourth-order valence-electron chi connectivity index (χ4n) is 2.32. The molecule has 2 aromatic rings. The molecule has 0 saturated carbocycles. The van der Waals surface area contributed by atoms with Crippen LogP contribution < -0.4 is 20.9 Å². The summed E-state index contributed by atoms with van der Waals surface area (Å²) < 4.78 is 0. The lowest BCUT2D eigenvalue weighted by molar-refractivity contribution is -0.136. The van der Waals surface area contributed by atoms with Gasteiger partial charge in [0.05, 0.1) is 0 Å². The van der Waals surface area contributed by atoms with Crippen LogP contribution in [-0.4, -0.2) is 31.8 Å². The van der Waals surface area contributed by atoms with Crippen molar-refractivity contribution >= 4 is 34.8 Å². The first-order valence-corrected chi connectivity index (χ1v) is 9.02. The predicted molar refractivity (Wildman–Crippen MR) is 111 cm³/mol. The maximum absolute atomic E-state index is 12.1. The molecular formula is C21H26N4O3. The van der Waals surface area contributed by atoms with E-state index in [-0.39, 0.29) is 18.4 Å². The summed E-state index contributed by atoms with van der Waals surface area (Å²) in [6, 6.07) is 14.3. The van der Waals surface area contributed by atoms with Crippen LogP contribution in [0, 0.1) is 5.92 Å². The topological polar surface area (TPSA) is 90.5 Å². The van der Waals surface area contributed by atoms with Gasteiger partial charge in [-0.25, -0.2) is 0 Å². The normalized spacial score (nSPS) is 10.3. The Balaban J connectivity index is 1.90. The maximum atomic E-state index is 12.1. The number of rotatable bonds is 6. The van der Waals surface area contributed by atoms with Gasteiger partial charge in [0.15, 0.2) is 0 Å². The second kappa shape index (κ2) is 9.55. The standard InChI is InChI=1S/C21H26N4O3/c1-14(2)19(26)23-16-6-5-7-17(12-16)24-21(28)20(27)22-13-15-8-10-18(11-9-15)25(3)4/h5-12,14H,13H2,1-4H3,(H,22,27)(H,23,26)(H,24,28). The van der Waals surface area contributed by atoms with Crippen LogP contribution >= 0.6 is 0 Å². The molecule has 3 amide bonds. The molecule has 148 valence electrons. The Morgan fingerprint density at radius 3 is 2.07 bits per heavy atom. The second-order valence-corrected chi connectivity index (χ2v) is 6.92. The number of nitrogens with one attached hydrogen (secondary N) is 3. The summed E-state index contributed by atoms with van der Waals surface area (Å²) in [5, 5.41) is 7.88. The molecule has 0 spiro atoms. The van der Waals surface area contributed by atoms with Gasteiger partial charge in [-0.05, 0) is 35.9 Å². The number of hydrogen-bond acceptors (Lipinski definition) is 4. The van der Waals surface area contributed by atoms with E-state index in [0.29, 0.717) is 11.4 Å². The van der Waals surface area contributed by atoms with Crippen LogP contribution in [0.1, 0.15) is 19.4 Å². The minimum atomic E-state index is -0.766. The lowest BCUT2D eigenvalue weighted by Gasteiger charge is -2.13. The van der Waals surface area contributed by atoms with Crippen LogP contribution in [0.4, 0.5) is 17.1 Å². The molecule has 3 N–H and O–H groups in total. The van der Waals surface area contributed by atoms with E-state index in [1.54, 1.807) is 38.1 Å². The molecule has 0 radical (unpaired) electrons. The smallest absolute Gasteiger partial charge is 0.313 e. The SMILES string of the molecule is CC(C)C(=O)Nc1cccc(NC(=O)C(=O)NCc2ccc(N(C)C)cc2)c1. The summed E-state index contributed by atoms with van der Waals surface area (Å²) in [5.74, 6) is -1.78. The fourth-order valence-corrected chi connectivity index (χ4v) is 2.32. The second-order valence-electron chi connectivity index (χ2n) is 6.92. The molecule has 0 heterocycles.